The van der Waals surface area contributed by atoms with Gasteiger partial charge in [0, 0.05) is 17.1 Å². The molecule has 1 unspecified atom stereocenters. The van der Waals surface area contributed by atoms with E-state index in [2.05, 4.69) is 10.6 Å². The largest absolute Gasteiger partial charge is 0.350 e. The van der Waals surface area contributed by atoms with Crippen molar-refractivity contribution in [2.45, 2.75) is 52.7 Å². The van der Waals surface area contributed by atoms with Gasteiger partial charge in [-0.1, -0.05) is 23.7 Å². The third-order valence-electron chi connectivity index (χ3n) is 2.70. The van der Waals surface area contributed by atoms with Crippen LogP contribution in [0.3, 0.4) is 0 Å². The van der Waals surface area contributed by atoms with Gasteiger partial charge in [-0.25, -0.2) is 0 Å². The fourth-order valence-electron chi connectivity index (χ4n) is 1.63. The summed E-state index contributed by atoms with van der Waals surface area (Å²) in [4.78, 5) is 11.9. The Morgan fingerprint density at radius 2 is 2.00 bits per heavy atom. The van der Waals surface area contributed by atoms with Crippen LogP contribution in [0.15, 0.2) is 18.2 Å². The van der Waals surface area contributed by atoms with E-state index in [1.54, 1.807) is 0 Å². The molecule has 0 aromatic heterocycles. The van der Waals surface area contributed by atoms with Crippen LogP contribution in [-0.2, 0) is 11.3 Å². The van der Waals surface area contributed by atoms with E-state index in [4.69, 9.17) is 11.6 Å². The highest BCUT2D eigenvalue weighted by Gasteiger charge is 2.18. The van der Waals surface area contributed by atoms with Crippen LogP contribution < -0.4 is 10.6 Å². The van der Waals surface area contributed by atoms with Gasteiger partial charge in [-0.3, -0.25) is 4.79 Å². The number of carbonyl (C=O) groups excluding carboxylic acids is 1. The molecule has 0 radical (unpaired) electrons. The molecule has 0 aliphatic rings. The van der Waals surface area contributed by atoms with Crippen LogP contribution in [-0.4, -0.2) is 17.5 Å². The molecule has 106 valence electrons. The Morgan fingerprint density at radius 3 is 2.53 bits per heavy atom. The molecule has 3 nitrogen and oxygen atoms in total. The van der Waals surface area contributed by atoms with Gasteiger partial charge in [-0.15, -0.1) is 0 Å². The first kappa shape index (κ1) is 16.0. The predicted molar refractivity (Wildman–Crippen MR) is 80.4 cm³/mol. The van der Waals surface area contributed by atoms with Crippen molar-refractivity contribution in [2.24, 2.45) is 0 Å². The first-order valence-electron chi connectivity index (χ1n) is 6.49. The van der Waals surface area contributed by atoms with Crippen LogP contribution in [0.2, 0.25) is 5.02 Å². The van der Waals surface area contributed by atoms with E-state index in [0.29, 0.717) is 6.54 Å². The Labute approximate surface area is 120 Å². The monoisotopic (exact) mass is 282 g/mol. The maximum atomic E-state index is 11.9. The van der Waals surface area contributed by atoms with Crippen molar-refractivity contribution in [1.82, 2.24) is 10.6 Å². The van der Waals surface area contributed by atoms with E-state index >= 15 is 0 Å². The molecule has 1 aromatic rings. The molecule has 0 fully saturated rings. The summed E-state index contributed by atoms with van der Waals surface area (Å²) in [6.07, 6.45) is 0. The summed E-state index contributed by atoms with van der Waals surface area (Å²) < 4.78 is 0. The van der Waals surface area contributed by atoms with E-state index in [1.807, 2.05) is 52.8 Å². The summed E-state index contributed by atoms with van der Waals surface area (Å²) in [6.45, 7) is 10.3. The van der Waals surface area contributed by atoms with Gasteiger partial charge in [0.1, 0.15) is 0 Å². The maximum absolute atomic E-state index is 11.9. The fraction of sp³-hybridized carbons (Fsp3) is 0.533. The number of rotatable bonds is 4. The number of hydrogen-bond acceptors (Lipinski definition) is 2. The predicted octanol–water partition coefficient (Wildman–Crippen LogP) is 3.04. The highest BCUT2D eigenvalue weighted by atomic mass is 35.5. The molecule has 1 amide bonds. The van der Waals surface area contributed by atoms with Crippen LogP contribution in [0.4, 0.5) is 0 Å². The van der Waals surface area contributed by atoms with Gasteiger partial charge in [-0.2, -0.15) is 0 Å². The minimum absolute atomic E-state index is 0.00395. The Kier molecular flexibility index (Phi) is 5.39. The summed E-state index contributed by atoms with van der Waals surface area (Å²) >= 11 is 6.16. The van der Waals surface area contributed by atoms with E-state index in [0.717, 1.165) is 16.1 Å². The van der Waals surface area contributed by atoms with Crippen LogP contribution in [0.5, 0.6) is 0 Å². The van der Waals surface area contributed by atoms with Gasteiger partial charge >= 0.3 is 0 Å². The molecule has 0 aliphatic heterocycles. The van der Waals surface area contributed by atoms with Gasteiger partial charge < -0.3 is 10.6 Å². The lowest BCUT2D eigenvalue weighted by Crippen LogP contribution is -2.49. The second-order valence-electron chi connectivity index (χ2n) is 5.94. The van der Waals surface area contributed by atoms with E-state index in [-0.39, 0.29) is 17.5 Å². The van der Waals surface area contributed by atoms with Gasteiger partial charge in [0.2, 0.25) is 5.91 Å². The van der Waals surface area contributed by atoms with Crippen molar-refractivity contribution in [1.29, 1.82) is 0 Å². The maximum Gasteiger partial charge on any atom is 0.237 e. The molecule has 19 heavy (non-hydrogen) atoms. The Balaban J connectivity index is 2.54. The molecular formula is C15H23ClN2O. The number of benzene rings is 1. The first-order valence-corrected chi connectivity index (χ1v) is 6.87. The number of carbonyl (C=O) groups is 1. The third kappa shape index (κ3) is 5.62. The summed E-state index contributed by atoms with van der Waals surface area (Å²) in [6, 6.07) is 5.68. The highest BCUT2D eigenvalue weighted by molar-refractivity contribution is 6.31. The van der Waals surface area contributed by atoms with Crippen molar-refractivity contribution < 1.29 is 4.79 Å². The Bertz CT molecular complexity index is 452. The van der Waals surface area contributed by atoms with E-state index in [9.17, 15) is 4.79 Å². The first-order chi connectivity index (χ1) is 8.69. The van der Waals surface area contributed by atoms with Crippen LogP contribution in [0, 0.1) is 6.92 Å². The molecule has 0 heterocycles. The van der Waals surface area contributed by atoms with Gasteiger partial charge in [0.15, 0.2) is 0 Å². The zero-order valence-corrected chi connectivity index (χ0v) is 13.1. The summed E-state index contributed by atoms with van der Waals surface area (Å²) in [7, 11) is 0. The smallest absolute Gasteiger partial charge is 0.237 e. The molecule has 0 spiro atoms. The van der Waals surface area contributed by atoms with Crippen molar-refractivity contribution in [3.8, 4) is 0 Å². The number of aryl methyl sites for hydroxylation is 1. The summed E-state index contributed by atoms with van der Waals surface area (Å²) in [5.74, 6) is -0.00395. The molecule has 0 aliphatic carbocycles. The number of hydrogen-bond donors (Lipinski definition) is 2. The van der Waals surface area contributed by atoms with Crippen molar-refractivity contribution in [3.63, 3.8) is 0 Å². The molecule has 4 heteroatoms. The van der Waals surface area contributed by atoms with Gasteiger partial charge in [0.25, 0.3) is 0 Å². The second-order valence-corrected chi connectivity index (χ2v) is 6.34. The minimum atomic E-state index is -0.253. The van der Waals surface area contributed by atoms with Crippen LogP contribution in [0.1, 0.15) is 38.8 Å². The second kappa shape index (κ2) is 6.40. The van der Waals surface area contributed by atoms with Crippen LogP contribution >= 0.6 is 11.6 Å². The quantitative estimate of drug-likeness (QED) is 0.891. The molecule has 0 bridgehead atoms. The summed E-state index contributed by atoms with van der Waals surface area (Å²) in [5, 5.41) is 6.86. The number of halogens is 1. The normalized spacial score (nSPS) is 13.2. The fourth-order valence-corrected chi connectivity index (χ4v) is 1.93. The molecule has 1 atom stereocenters. The third-order valence-corrected chi connectivity index (χ3v) is 3.05. The molecule has 0 saturated carbocycles. The lowest BCUT2D eigenvalue weighted by molar-refractivity contribution is -0.124. The van der Waals surface area contributed by atoms with Gasteiger partial charge in [0.05, 0.1) is 6.04 Å². The SMILES string of the molecule is Cc1ccc(CNC(C)C(=O)NC(C)(C)C)c(Cl)c1. The average Bonchev–Trinajstić information content (AvgIpc) is 2.25. The lowest BCUT2D eigenvalue weighted by Gasteiger charge is -2.23. The average molecular weight is 283 g/mol. The Morgan fingerprint density at radius 1 is 1.37 bits per heavy atom. The zero-order valence-electron chi connectivity index (χ0n) is 12.3. The highest BCUT2D eigenvalue weighted by Crippen LogP contribution is 2.17. The molecule has 0 saturated heterocycles. The summed E-state index contributed by atoms with van der Waals surface area (Å²) in [5.41, 5.74) is 1.92. The molecule has 1 aromatic carbocycles. The minimum Gasteiger partial charge on any atom is -0.350 e. The Hall–Kier alpha value is -1.06. The van der Waals surface area contributed by atoms with Crippen molar-refractivity contribution in [3.05, 3.63) is 34.3 Å². The number of nitrogens with one attached hydrogen (secondary N) is 2. The molecular weight excluding hydrogens is 260 g/mol. The topological polar surface area (TPSA) is 41.1 Å². The van der Waals surface area contributed by atoms with Crippen molar-refractivity contribution >= 4 is 17.5 Å². The molecule has 2 N–H and O–H groups in total. The number of amides is 1. The lowest BCUT2D eigenvalue weighted by atomic mass is 10.1. The van der Waals surface area contributed by atoms with E-state index in [1.165, 1.54) is 0 Å². The standard InChI is InChI=1S/C15H23ClN2O/c1-10-6-7-12(13(16)8-10)9-17-11(2)14(19)18-15(3,4)5/h6-8,11,17H,9H2,1-5H3,(H,18,19). The zero-order chi connectivity index (χ0) is 14.6. The van der Waals surface area contributed by atoms with Gasteiger partial charge in [-0.05, 0) is 51.8 Å². The molecule has 1 rings (SSSR count). The van der Waals surface area contributed by atoms with E-state index < -0.39 is 0 Å². The van der Waals surface area contributed by atoms with Crippen LogP contribution in [0.25, 0.3) is 0 Å². The van der Waals surface area contributed by atoms with Crippen molar-refractivity contribution in [2.75, 3.05) is 0 Å².